The Hall–Kier alpha value is -0.640. The Morgan fingerprint density at radius 1 is 1.67 bits per heavy atom. The van der Waals surface area contributed by atoms with Crippen LogP contribution in [-0.4, -0.2) is 14.8 Å². The molecule has 0 amide bonds. The number of nitrogen functional groups attached to an aromatic ring is 1. The summed E-state index contributed by atoms with van der Waals surface area (Å²) < 4.78 is 1.98. The molecule has 0 spiro atoms. The van der Waals surface area contributed by atoms with Crippen molar-refractivity contribution in [2.45, 2.75) is 24.9 Å². The molecule has 0 saturated carbocycles. The average molecular weight is 185 g/mol. The van der Waals surface area contributed by atoms with E-state index in [1.54, 1.807) is 0 Å². The molecule has 68 valence electrons. The van der Waals surface area contributed by atoms with Crippen LogP contribution in [0.1, 0.15) is 19.7 Å². The summed E-state index contributed by atoms with van der Waals surface area (Å²) >= 11 is 1.87. The van der Waals surface area contributed by atoms with Crippen molar-refractivity contribution in [1.82, 2.24) is 9.55 Å². The summed E-state index contributed by atoms with van der Waals surface area (Å²) in [6.45, 7) is 4.36. The highest BCUT2D eigenvalue weighted by molar-refractivity contribution is 7.99. The van der Waals surface area contributed by atoms with Gasteiger partial charge in [0.05, 0.1) is 5.75 Å². The third-order valence-corrected chi connectivity index (χ3v) is 2.63. The van der Waals surface area contributed by atoms with Gasteiger partial charge in [0.15, 0.2) is 0 Å². The van der Waals surface area contributed by atoms with Gasteiger partial charge in [-0.05, 0) is 5.25 Å². The molecule has 0 aromatic carbocycles. The second-order valence-electron chi connectivity index (χ2n) is 3.05. The van der Waals surface area contributed by atoms with Gasteiger partial charge in [0.25, 0.3) is 0 Å². The summed E-state index contributed by atoms with van der Waals surface area (Å²) in [5.41, 5.74) is 5.54. The Bertz CT molecular complexity index is 255. The van der Waals surface area contributed by atoms with Crippen molar-refractivity contribution >= 4 is 17.6 Å². The van der Waals surface area contributed by atoms with Crippen LogP contribution in [0.25, 0.3) is 0 Å². The molecule has 1 heterocycles. The smallest absolute Gasteiger partial charge is 0.141 e. The van der Waals surface area contributed by atoms with Gasteiger partial charge in [-0.25, -0.2) is 4.98 Å². The van der Waals surface area contributed by atoms with Crippen LogP contribution in [-0.2, 0) is 12.8 Å². The third-order valence-electron chi connectivity index (χ3n) is 1.54. The molecule has 4 heteroatoms. The van der Waals surface area contributed by atoms with Crippen LogP contribution in [0.4, 0.5) is 5.82 Å². The molecule has 1 aromatic heterocycles. The van der Waals surface area contributed by atoms with Crippen LogP contribution >= 0.6 is 11.8 Å². The minimum absolute atomic E-state index is 0.608. The maximum absolute atomic E-state index is 5.54. The molecule has 0 radical (unpaired) electrons. The van der Waals surface area contributed by atoms with Gasteiger partial charge in [-0.3, -0.25) is 0 Å². The number of aromatic nitrogens is 2. The van der Waals surface area contributed by atoms with Gasteiger partial charge in [0.2, 0.25) is 0 Å². The number of nitrogens with zero attached hydrogens (tertiary/aromatic N) is 2. The highest BCUT2D eigenvalue weighted by Gasteiger charge is 2.03. The summed E-state index contributed by atoms with van der Waals surface area (Å²) in [5, 5.41) is 0.642. The molecule has 0 saturated heterocycles. The average Bonchev–Trinajstić information content (AvgIpc) is 2.26. The molecule has 0 aliphatic carbocycles. The molecule has 3 nitrogen and oxygen atoms in total. The lowest BCUT2D eigenvalue weighted by molar-refractivity contribution is 0.848. The van der Waals surface area contributed by atoms with Crippen molar-refractivity contribution in [2.75, 3.05) is 5.73 Å². The first-order valence-corrected chi connectivity index (χ1v) is 5.03. The molecule has 0 unspecified atom stereocenters. The maximum atomic E-state index is 5.54. The normalized spacial score (nSPS) is 11.0. The number of imidazole rings is 1. The lowest BCUT2D eigenvalue weighted by Gasteiger charge is -2.03. The fourth-order valence-electron chi connectivity index (χ4n) is 0.905. The van der Waals surface area contributed by atoms with Crippen molar-refractivity contribution < 1.29 is 0 Å². The first-order valence-electron chi connectivity index (χ1n) is 3.99. The number of thioether (sulfide) groups is 1. The molecule has 0 atom stereocenters. The molecular formula is C8H15N3S. The number of hydrogen-bond donors (Lipinski definition) is 1. The first-order chi connectivity index (χ1) is 5.59. The van der Waals surface area contributed by atoms with E-state index in [2.05, 4.69) is 18.8 Å². The van der Waals surface area contributed by atoms with Crippen LogP contribution in [0.15, 0.2) is 6.20 Å². The number of anilines is 1. The number of hydrogen-bond acceptors (Lipinski definition) is 3. The third kappa shape index (κ3) is 2.44. The molecule has 0 fully saturated rings. The molecule has 1 aromatic rings. The minimum Gasteiger partial charge on any atom is -0.382 e. The van der Waals surface area contributed by atoms with E-state index in [-0.39, 0.29) is 0 Å². The van der Waals surface area contributed by atoms with Gasteiger partial charge in [0, 0.05) is 13.2 Å². The van der Waals surface area contributed by atoms with E-state index >= 15 is 0 Å². The van der Waals surface area contributed by atoms with Crippen LogP contribution in [0.5, 0.6) is 0 Å². The molecule has 12 heavy (non-hydrogen) atoms. The fraction of sp³-hybridized carbons (Fsp3) is 0.625. The van der Waals surface area contributed by atoms with Gasteiger partial charge in [-0.2, -0.15) is 11.8 Å². The van der Waals surface area contributed by atoms with E-state index in [0.29, 0.717) is 11.1 Å². The van der Waals surface area contributed by atoms with Crippen molar-refractivity contribution in [2.24, 2.45) is 7.05 Å². The number of nitrogens with two attached hydrogens (primary N) is 1. The van der Waals surface area contributed by atoms with Crippen molar-refractivity contribution in [3.63, 3.8) is 0 Å². The second-order valence-corrected chi connectivity index (χ2v) is 4.62. The maximum Gasteiger partial charge on any atom is 0.141 e. The summed E-state index contributed by atoms with van der Waals surface area (Å²) in [6.07, 6.45) is 1.84. The summed E-state index contributed by atoms with van der Waals surface area (Å²) in [4.78, 5) is 4.20. The molecular weight excluding hydrogens is 170 g/mol. The highest BCUT2D eigenvalue weighted by atomic mass is 32.2. The second kappa shape index (κ2) is 3.85. The SMILES string of the molecule is CC(C)SCc1nc(N)cn1C. The Morgan fingerprint density at radius 2 is 2.33 bits per heavy atom. The minimum atomic E-state index is 0.608. The fourth-order valence-corrected chi connectivity index (χ4v) is 1.66. The van der Waals surface area contributed by atoms with E-state index in [0.717, 1.165) is 11.6 Å². The predicted octanol–water partition coefficient (Wildman–Crippen LogP) is 1.64. The molecule has 0 aliphatic rings. The van der Waals surface area contributed by atoms with E-state index in [1.165, 1.54) is 0 Å². The van der Waals surface area contributed by atoms with Crippen LogP contribution in [0.3, 0.4) is 0 Å². The predicted molar refractivity (Wildman–Crippen MR) is 54.1 cm³/mol. The standard InChI is InChI=1S/C8H15N3S/c1-6(2)12-5-8-10-7(9)4-11(8)3/h4,6H,5,9H2,1-3H3. The Morgan fingerprint density at radius 3 is 2.75 bits per heavy atom. The largest absolute Gasteiger partial charge is 0.382 e. The van der Waals surface area contributed by atoms with E-state index in [9.17, 15) is 0 Å². The lowest BCUT2D eigenvalue weighted by Crippen LogP contribution is -1.97. The molecule has 0 aliphatic heterocycles. The van der Waals surface area contributed by atoms with Gasteiger partial charge in [-0.15, -0.1) is 0 Å². The molecule has 2 N–H and O–H groups in total. The molecule has 1 rings (SSSR count). The van der Waals surface area contributed by atoms with Gasteiger partial charge < -0.3 is 10.3 Å². The van der Waals surface area contributed by atoms with Gasteiger partial charge >= 0.3 is 0 Å². The van der Waals surface area contributed by atoms with Crippen molar-refractivity contribution in [1.29, 1.82) is 0 Å². The van der Waals surface area contributed by atoms with E-state index in [4.69, 9.17) is 5.73 Å². The zero-order valence-electron chi connectivity index (χ0n) is 7.74. The Balaban J connectivity index is 2.57. The van der Waals surface area contributed by atoms with Crippen molar-refractivity contribution in [3.05, 3.63) is 12.0 Å². The van der Waals surface area contributed by atoms with E-state index in [1.807, 2.05) is 29.6 Å². The van der Waals surface area contributed by atoms with Gasteiger partial charge in [-0.1, -0.05) is 13.8 Å². The Labute approximate surface area is 77.4 Å². The van der Waals surface area contributed by atoms with Crippen LogP contribution < -0.4 is 5.73 Å². The quantitative estimate of drug-likeness (QED) is 0.778. The zero-order valence-corrected chi connectivity index (χ0v) is 8.56. The molecule has 0 bridgehead atoms. The number of aryl methyl sites for hydroxylation is 1. The van der Waals surface area contributed by atoms with E-state index < -0.39 is 0 Å². The summed E-state index contributed by atoms with van der Waals surface area (Å²) in [6, 6.07) is 0. The Kier molecular flexibility index (Phi) is 3.03. The number of rotatable bonds is 3. The summed E-state index contributed by atoms with van der Waals surface area (Å²) in [7, 11) is 1.97. The lowest BCUT2D eigenvalue weighted by atomic mass is 10.6. The van der Waals surface area contributed by atoms with Crippen LogP contribution in [0.2, 0.25) is 0 Å². The monoisotopic (exact) mass is 185 g/mol. The summed E-state index contributed by atoms with van der Waals surface area (Å²) in [5.74, 6) is 2.59. The van der Waals surface area contributed by atoms with Gasteiger partial charge in [0.1, 0.15) is 11.6 Å². The highest BCUT2D eigenvalue weighted by Crippen LogP contribution is 2.16. The topological polar surface area (TPSA) is 43.8 Å². The first kappa shape index (κ1) is 9.45. The van der Waals surface area contributed by atoms with Crippen molar-refractivity contribution in [3.8, 4) is 0 Å². The zero-order chi connectivity index (χ0) is 9.14. The van der Waals surface area contributed by atoms with Crippen LogP contribution in [0, 0.1) is 0 Å².